The Morgan fingerprint density at radius 3 is 2.78 bits per heavy atom. The van der Waals surface area contributed by atoms with Crippen LogP contribution in [0.25, 0.3) is 6.08 Å². The summed E-state index contributed by atoms with van der Waals surface area (Å²) in [5, 5.41) is 0. The highest BCUT2D eigenvalue weighted by Gasteiger charge is 2.11. The average molecular weight is 263 g/mol. The monoisotopic (exact) mass is 263 g/mol. The highest BCUT2D eigenvalue weighted by molar-refractivity contribution is 6.51. The Morgan fingerprint density at radius 1 is 1.33 bits per heavy atom. The molecule has 0 atom stereocenters. The van der Waals surface area contributed by atoms with E-state index < -0.39 is 9.04 Å². The van der Waals surface area contributed by atoms with Crippen molar-refractivity contribution < 1.29 is 9.16 Å². The molecule has 0 aliphatic rings. The molecule has 3 heteroatoms. The van der Waals surface area contributed by atoms with Gasteiger partial charge in [0.1, 0.15) is 0 Å². The highest BCUT2D eigenvalue weighted by Crippen LogP contribution is 2.11. The van der Waals surface area contributed by atoms with Gasteiger partial charge in [-0.05, 0) is 23.6 Å². The highest BCUT2D eigenvalue weighted by atomic mass is 28.3. The Balaban J connectivity index is 2.41. The number of methoxy groups -OCH3 is 1. The first-order valence-electron chi connectivity index (χ1n) is 6.48. The van der Waals surface area contributed by atoms with Crippen LogP contribution in [-0.2, 0) is 15.6 Å². The van der Waals surface area contributed by atoms with Gasteiger partial charge in [0.2, 0.25) is 9.04 Å². The lowest BCUT2D eigenvalue weighted by molar-refractivity contribution is 0.217. The van der Waals surface area contributed by atoms with Crippen molar-refractivity contribution in [3.63, 3.8) is 0 Å². The molecule has 0 bridgehead atoms. The molecule has 0 saturated heterocycles. The van der Waals surface area contributed by atoms with Crippen LogP contribution in [0.4, 0.5) is 0 Å². The summed E-state index contributed by atoms with van der Waals surface area (Å²) in [6, 6.07) is 9.49. The molecule has 0 spiro atoms. The fraction of sp³-hybridized carbons (Fsp3) is 0.467. The van der Waals surface area contributed by atoms with Crippen molar-refractivity contribution >= 4 is 15.1 Å². The van der Waals surface area contributed by atoms with Crippen LogP contribution in [-0.4, -0.2) is 29.0 Å². The summed E-state index contributed by atoms with van der Waals surface area (Å²) in [5.41, 5.74) is 2.51. The van der Waals surface area contributed by atoms with Gasteiger partial charge in [-0.1, -0.05) is 50.3 Å². The first-order valence-corrected chi connectivity index (χ1v) is 8.30. The molecule has 99 valence electrons. The Morgan fingerprint density at radius 2 is 2.11 bits per heavy atom. The van der Waals surface area contributed by atoms with E-state index in [0.717, 1.165) is 25.3 Å². The molecule has 0 unspecified atom stereocenters. The van der Waals surface area contributed by atoms with Crippen LogP contribution in [0.3, 0.4) is 0 Å². The standard InChI is InChI=1S/C15H23O2Si/c1-4-12-18(13-16-3)17-11-10-15-9-7-6-8-14(15)5-2/h5-9H,2,4,10-13H2,1,3H3. The molecule has 0 fully saturated rings. The molecule has 0 aromatic heterocycles. The second-order valence-electron chi connectivity index (χ2n) is 4.22. The summed E-state index contributed by atoms with van der Waals surface area (Å²) in [5.74, 6) is 0. The molecule has 2 nitrogen and oxygen atoms in total. The first-order chi connectivity index (χ1) is 8.81. The largest absolute Gasteiger partial charge is 0.414 e. The molecule has 0 amide bonds. The second kappa shape index (κ2) is 9.08. The van der Waals surface area contributed by atoms with Gasteiger partial charge in [-0.25, -0.2) is 0 Å². The zero-order valence-electron chi connectivity index (χ0n) is 11.4. The summed E-state index contributed by atoms with van der Waals surface area (Å²) in [6.07, 6.45) is 4.80. The Hall–Kier alpha value is -0.903. The summed E-state index contributed by atoms with van der Waals surface area (Å²) in [4.78, 5) is 0. The normalized spacial score (nSPS) is 10.8. The fourth-order valence-electron chi connectivity index (χ4n) is 1.89. The molecule has 1 rings (SSSR count). The van der Waals surface area contributed by atoms with Gasteiger partial charge >= 0.3 is 0 Å². The van der Waals surface area contributed by atoms with Gasteiger partial charge in [-0.15, -0.1) is 0 Å². The van der Waals surface area contributed by atoms with Crippen LogP contribution >= 0.6 is 0 Å². The van der Waals surface area contributed by atoms with Gasteiger partial charge in [0.15, 0.2) is 0 Å². The quantitative estimate of drug-likeness (QED) is 0.635. The number of benzene rings is 1. The van der Waals surface area contributed by atoms with Crippen LogP contribution in [0.2, 0.25) is 6.04 Å². The Labute approximate surface area is 112 Å². The first kappa shape index (κ1) is 15.2. The molecule has 1 aromatic carbocycles. The van der Waals surface area contributed by atoms with Gasteiger partial charge in [0.05, 0.1) is 6.23 Å². The van der Waals surface area contributed by atoms with Crippen molar-refractivity contribution in [1.29, 1.82) is 0 Å². The number of hydrogen-bond donors (Lipinski definition) is 0. The van der Waals surface area contributed by atoms with E-state index in [1.54, 1.807) is 7.11 Å². The molecule has 0 heterocycles. The van der Waals surface area contributed by atoms with Crippen LogP contribution in [0.5, 0.6) is 0 Å². The minimum absolute atomic E-state index is 0.779. The zero-order valence-corrected chi connectivity index (χ0v) is 12.4. The molecule has 0 aliphatic heterocycles. The summed E-state index contributed by atoms with van der Waals surface area (Å²) in [6.45, 7) is 6.81. The SMILES string of the molecule is C=Cc1ccccc1CCO[Si](CCC)COC. The zero-order chi connectivity index (χ0) is 13.2. The topological polar surface area (TPSA) is 18.5 Å². The van der Waals surface area contributed by atoms with Gasteiger partial charge in [-0.3, -0.25) is 0 Å². The van der Waals surface area contributed by atoms with E-state index in [2.05, 4.69) is 31.7 Å². The van der Waals surface area contributed by atoms with Gasteiger partial charge < -0.3 is 9.16 Å². The van der Waals surface area contributed by atoms with Crippen LogP contribution in [0, 0.1) is 0 Å². The molecular formula is C15H23O2Si. The van der Waals surface area contributed by atoms with Crippen LogP contribution in [0.1, 0.15) is 24.5 Å². The van der Waals surface area contributed by atoms with Crippen molar-refractivity contribution in [2.75, 3.05) is 19.9 Å². The van der Waals surface area contributed by atoms with Crippen molar-refractivity contribution in [3.8, 4) is 0 Å². The second-order valence-corrected chi connectivity index (χ2v) is 6.38. The maximum atomic E-state index is 5.97. The van der Waals surface area contributed by atoms with Gasteiger partial charge in [0.25, 0.3) is 0 Å². The Kier molecular flexibility index (Phi) is 7.65. The van der Waals surface area contributed by atoms with Crippen molar-refractivity contribution in [2.45, 2.75) is 25.8 Å². The van der Waals surface area contributed by atoms with Crippen molar-refractivity contribution in [1.82, 2.24) is 0 Å². The van der Waals surface area contributed by atoms with Gasteiger partial charge in [-0.2, -0.15) is 0 Å². The predicted molar refractivity (Wildman–Crippen MR) is 78.9 cm³/mol. The van der Waals surface area contributed by atoms with Crippen LogP contribution < -0.4 is 0 Å². The van der Waals surface area contributed by atoms with E-state index in [9.17, 15) is 0 Å². The van der Waals surface area contributed by atoms with Crippen LogP contribution in [0.15, 0.2) is 30.8 Å². The van der Waals surface area contributed by atoms with E-state index >= 15 is 0 Å². The smallest absolute Gasteiger partial charge is 0.238 e. The third-order valence-electron chi connectivity index (χ3n) is 2.79. The number of hydrogen-bond acceptors (Lipinski definition) is 2. The lowest BCUT2D eigenvalue weighted by Gasteiger charge is -2.14. The third-order valence-corrected chi connectivity index (χ3v) is 5.07. The molecule has 0 N–H and O–H groups in total. The summed E-state index contributed by atoms with van der Waals surface area (Å²) >= 11 is 0. The van der Waals surface area contributed by atoms with Crippen molar-refractivity contribution in [2.24, 2.45) is 0 Å². The average Bonchev–Trinajstić information content (AvgIpc) is 2.40. The third kappa shape index (κ3) is 5.17. The van der Waals surface area contributed by atoms with E-state index in [1.807, 2.05) is 12.1 Å². The number of ether oxygens (including phenoxy) is 1. The molecule has 1 aromatic rings. The lowest BCUT2D eigenvalue weighted by atomic mass is 10.1. The maximum Gasteiger partial charge on any atom is 0.238 e. The molecule has 1 radical (unpaired) electrons. The van der Waals surface area contributed by atoms with E-state index in [0.29, 0.717) is 0 Å². The maximum absolute atomic E-state index is 5.97. The fourth-order valence-corrected chi connectivity index (χ4v) is 3.53. The molecular weight excluding hydrogens is 240 g/mol. The summed E-state index contributed by atoms with van der Waals surface area (Å²) in [7, 11) is 0.963. The van der Waals surface area contributed by atoms with Gasteiger partial charge in [0, 0.05) is 13.7 Å². The minimum atomic E-state index is -0.783. The predicted octanol–water partition coefficient (Wildman–Crippen LogP) is 3.48. The lowest BCUT2D eigenvalue weighted by Crippen LogP contribution is -2.25. The van der Waals surface area contributed by atoms with E-state index in [-0.39, 0.29) is 0 Å². The van der Waals surface area contributed by atoms with E-state index in [1.165, 1.54) is 17.5 Å². The summed E-state index contributed by atoms with van der Waals surface area (Å²) < 4.78 is 11.2. The van der Waals surface area contributed by atoms with E-state index in [4.69, 9.17) is 9.16 Å². The molecule has 0 aliphatic carbocycles. The minimum Gasteiger partial charge on any atom is -0.414 e. The Bertz CT molecular complexity index is 346. The van der Waals surface area contributed by atoms with Crippen molar-refractivity contribution in [3.05, 3.63) is 42.0 Å². The number of rotatable bonds is 9. The molecule has 0 saturated carbocycles. The molecule has 18 heavy (non-hydrogen) atoms.